The van der Waals surface area contributed by atoms with Crippen LogP contribution in [0, 0.1) is 12.3 Å². The second-order valence-electron chi connectivity index (χ2n) is 3.74. The van der Waals surface area contributed by atoms with E-state index in [0.717, 1.165) is 12.1 Å². The van der Waals surface area contributed by atoms with E-state index in [4.69, 9.17) is 6.42 Å². The fourth-order valence-electron chi connectivity index (χ4n) is 1.66. The van der Waals surface area contributed by atoms with Crippen LogP contribution in [0.1, 0.15) is 31.1 Å². The lowest BCUT2D eigenvalue weighted by atomic mass is 10.1. The average Bonchev–Trinajstić information content (AvgIpc) is 2.73. The quantitative estimate of drug-likeness (QED) is 0.625. The third-order valence-electron chi connectivity index (χ3n) is 2.52. The van der Waals surface area contributed by atoms with Crippen molar-refractivity contribution >= 4 is 5.65 Å². The maximum atomic E-state index is 9.90. The lowest BCUT2D eigenvalue weighted by Crippen LogP contribution is -1.97. The first kappa shape index (κ1) is 10.7. The largest absolute Gasteiger partial charge is 0.387 e. The second-order valence-corrected chi connectivity index (χ2v) is 3.74. The molecule has 0 aromatic carbocycles. The molecule has 0 aliphatic rings. The molecule has 1 unspecified atom stereocenters. The van der Waals surface area contributed by atoms with E-state index in [1.807, 2.05) is 35.0 Å². The minimum Gasteiger partial charge on any atom is -0.387 e. The summed E-state index contributed by atoms with van der Waals surface area (Å²) < 4.78 is 1.90. The van der Waals surface area contributed by atoms with Gasteiger partial charge in [0.2, 0.25) is 0 Å². The zero-order valence-corrected chi connectivity index (χ0v) is 9.00. The van der Waals surface area contributed by atoms with Crippen LogP contribution in [-0.2, 0) is 0 Å². The standard InChI is InChI=1S/C13H14N2O/c1-2-3-4-7-12(16)11-10-15-9-6-5-8-13(15)14-11/h1,5-6,8-10,12,16H,3-4,7H2. The van der Waals surface area contributed by atoms with Gasteiger partial charge in [0, 0.05) is 18.8 Å². The zero-order valence-electron chi connectivity index (χ0n) is 9.00. The van der Waals surface area contributed by atoms with Gasteiger partial charge in [-0.25, -0.2) is 4.98 Å². The van der Waals surface area contributed by atoms with Gasteiger partial charge in [0.25, 0.3) is 0 Å². The highest BCUT2D eigenvalue weighted by molar-refractivity contribution is 5.39. The van der Waals surface area contributed by atoms with Crippen LogP contribution in [0.4, 0.5) is 0 Å². The monoisotopic (exact) mass is 214 g/mol. The van der Waals surface area contributed by atoms with Crippen molar-refractivity contribution in [2.75, 3.05) is 0 Å². The lowest BCUT2D eigenvalue weighted by molar-refractivity contribution is 0.161. The van der Waals surface area contributed by atoms with Crippen molar-refractivity contribution in [2.45, 2.75) is 25.4 Å². The summed E-state index contributed by atoms with van der Waals surface area (Å²) in [5, 5.41) is 9.90. The molecule has 0 bridgehead atoms. The minimum absolute atomic E-state index is 0.520. The lowest BCUT2D eigenvalue weighted by Gasteiger charge is -2.04. The van der Waals surface area contributed by atoms with E-state index in [1.54, 1.807) is 0 Å². The highest BCUT2D eigenvalue weighted by atomic mass is 16.3. The molecule has 16 heavy (non-hydrogen) atoms. The van der Waals surface area contributed by atoms with Crippen LogP contribution >= 0.6 is 0 Å². The molecule has 1 atom stereocenters. The Kier molecular flexibility index (Phi) is 3.23. The SMILES string of the molecule is C#CCCCC(O)c1cn2ccccc2n1. The maximum Gasteiger partial charge on any atom is 0.137 e. The Balaban J connectivity index is 2.11. The first-order chi connectivity index (χ1) is 7.81. The molecule has 1 N–H and O–H groups in total. The van der Waals surface area contributed by atoms with Crippen LogP contribution in [0.15, 0.2) is 30.6 Å². The fourth-order valence-corrected chi connectivity index (χ4v) is 1.66. The molecule has 2 aromatic rings. The molecule has 2 rings (SSSR count). The number of rotatable bonds is 4. The van der Waals surface area contributed by atoms with E-state index >= 15 is 0 Å². The predicted octanol–water partition coefficient (Wildman–Crippen LogP) is 2.17. The summed E-state index contributed by atoms with van der Waals surface area (Å²) in [5.74, 6) is 2.56. The molecule has 0 spiro atoms. The molecular formula is C13H14N2O. The van der Waals surface area contributed by atoms with Crippen LogP contribution in [-0.4, -0.2) is 14.5 Å². The van der Waals surface area contributed by atoms with Crippen LogP contribution in [0.25, 0.3) is 5.65 Å². The van der Waals surface area contributed by atoms with Crippen molar-refractivity contribution in [3.8, 4) is 12.3 Å². The summed E-state index contributed by atoms with van der Waals surface area (Å²) >= 11 is 0. The molecule has 0 fully saturated rings. The highest BCUT2D eigenvalue weighted by Gasteiger charge is 2.10. The molecular weight excluding hydrogens is 200 g/mol. The molecule has 82 valence electrons. The van der Waals surface area contributed by atoms with E-state index in [9.17, 15) is 5.11 Å². The van der Waals surface area contributed by atoms with Crippen molar-refractivity contribution in [3.63, 3.8) is 0 Å². The van der Waals surface area contributed by atoms with E-state index in [0.29, 0.717) is 18.5 Å². The number of hydrogen-bond acceptors (Lipinski definition) is 2. The summed E-state index contributed by atoms with van der Waals surface area (Å²) in [6.45, 7) is 0. The predicted molar refractivity (Wildman–Crippen MR) is 62.8 cm³/mol. The molecule has 2 heterocycles. The van der Waals surface area contributed by atoms with Crippen molar-refractivity contribution < 1.29 is 5.11 Å². The van der Waals surface area contributed by atoms with E-state index in [2.05, 4.69) is 10.9 Å². The molecule has 2 aromatic heterocycles. The van der Waals surface area contributed by atoms with E-state index < -0.39 is 6.10 Å². The van der Waals surface area contributed by atoms with Gasteiger partial charge in [0.05, 0.1) is 11.8 Å². The third kappa shape index (κ3) is 2.23. The smallest absolute Gasteiger partial charge is 0.137 e. The minimum atomic E-state index is -0.520. The fraction of sp³-hybridized carbons (Fsp3) is 0.308. The van der Waals surface area contributed by atoms with Gasteiger partial charge in [-0.15, -0.1) is 12.3 Å². The number of hydrogen-bond donors (Lipinski definition) is 1. The van der Waals surface area contributed by atoms with Crippen LogP contribution in [0.2, 0.25) is 0 Å². The van der Waals surface area contributed by atoms with Gasteiger partial charge in [-0.1, -0.05) is 6.07 Å². The van der Waals surface area contributed by atoms with Gasteiger partial charge < -0.3 is 9.51 Å². The Labute approximate surface area is 94.8 Å². The first-order valence-corrected chi connectivity index (χ1v) is 5.36. The summed E-state index contributed by atoms with van der Waals surface area (Å²) in [5.41, 5.74) is 1.57. The van der Waals surface area contributed by atoms with Crippen molar-refractivity contribution in [1.82, 2.24) is 9.38 Å². The molecule has 3 nitrogen and oxygen atoms in total. The third-order valence-corrected chi connectivity index (χ3v) is 2.52. The zero-order chi connectivity index (χ0) is 11.4. The maximum absolute atomic E-state index is 9.90. The Morgan fingerprint density at radius 3 is 3.12 bits per heavy atom. The Morgan fingerprint density at radius 2 is 2.38 bits per heavy atom. The molecule has 0 radical (unpaired) electrons. The summed E-state index contributed by atoms with van der Waals surface area (Å²) in [4.78, 5) is 4.35. The number of terminal acetylenes is 1. The summed E-state index contributed by atoms with van der Waals surface area (Å²) in [6.07, 6.45) is 10.6. The number of aliphatic hydroxyl groups excluding tert-OH is 1. The number of unbranched alkanes of at least 4 members (excludes halogenated alkanes) is 1. The number of fused-ring (bicyclic) bond motifs is 1. The van der Waals surface area contributed by atoms with Crippen molar-refractivity contribution in [3.05, 3.63) is 36.3 Å². The molecule has 0 amide bonds. The topological polar surface area (TPSA) is 37.5 Å². The van der Waals surface area contributed by atoms with Gasteiger partial charge in [0.15, 0.2) is 0 Å². The van der Waals surface area contributed by atoms with E-state index in [-0.39, 0.29) is 0 Å². The van der Waals surface area contributed by atoms with Crippen LogP contribution in [0.5, 0.6) is 0 Å². The normalized spacial score (nSPS) is 12.5. The van der Waals surface area contributed by atoms with Gasteiger partial charge in [-0.05, 0) is 25.0 Å². The number of imidazole rings is 1. The molecule has 3 heteroatoms. The van der Waals surface area contributed by atoms with Crippen molar-refractivity contribution in [1.29, 1.82) is 0 Å². The molecule has 0 saturated heterocycles. The van der Waals surface area contributed by atoms with Gasteiger partial charge in [-0.3, -0.25) is 0 Å². The van der Waals surface area contributed by atoms with Crippen LogP contribution < -0.4 is 0 Å². The average molecular weight is 214 g/mol. The first-order valence-electron chi connectivity index (χ1n) is 5.36. The van der Waals surface area contributed by atoms with Gasteiger partial charge in [0.1, 0.15) is 5.65 Å². The molecule has 0 saturated carbocycles. The highest BCUT2D eigenvalue weighted by Crippen LogP contribution is 2.18. The summed E-state index contributed by atoms with van der Waals surface area (Å²) in [7, 11) is 0. The number of aromatic nitrogens is 2. The van der Waals surface area contributed by atoms with Crippen LogP contribution in [0.3, 0.4) is 0 Å². The summed E-state index contributed by atoms with van der Waals surface area (Å²) in [6, 6.07) is 5.78. The number of pyridine rings is 1. The molecule has 0 aliphatic heterocycles. The van der Waals surface area contributed by atoms with Gasteiger partial charge in [-0.2, -0.15) is 0 Å². The second kappa shape index (κ2) is 4.82. The number of nitrogens with zero attached hydrogens (tertiary/aromatic N) is 2. The molecule has 0 aliphatic carbocycles. The van der Waals surface area contributed by atoms with Gasteiger partial charge >= 0.3 is 0 Å². The van der Waals surface area contributed by atoms with Crippen molar-refractivity contribution in [2.24, 2.45) is 0 Å². The Morgan fingerprint density at radius 1 is 1.50 bits per heavy atom. The Hall–Kier alpha value is -1.79. The number of aliphatic hydroxyl groups is 1. The Bertz CT molecular complexity index is 477. The van der Waals surface area contributed by atoms with E-state index in [1.165, 1.54) is 0 Å².